The summed E-state index contributed by atoms with van der Waals surface area (Å²) < 4.78 is 9.35. The third-order valence-corrected chi connectivity index (χ3v) is 12.7. The van der Waals surface area contributed by atoms with Gasteiger partial charge in [0, 0.05) is 0 Å². The molecule has 0 aliphatic rings. The zero-order valence-electron chi connectivity index (χ0n) is 15.0. The molecule has 0 spiro atoms. The van der Waals surface area contributed by atoms with Crippen molar-refractivity contribution >= 4 is 31.6 Å². The molecule has 1 rings (SSSR count). The van der Waals surface area contributed by atoms with Gasteiger partial charge in [-0.25, -0.2) is 4.79 Å². The van der Waals surface area contributed by atoms with E-state index in [1.807, 2.05) is 0 Å². The molecule has 0 saturated carbocycles. The van der Waals surface area contributed by atoms with Gasteiger partial charge in [-0.15, -0.1) is 0 Å². The minimum atomic E-state index is -1.32. The SMILES string of the molecule is CCC[CH2][Sn]([CH2]CCC)[CH2]CCC.O=C(O)c1ccc([N+](=O)[O-])o1. The van der Waals surface area contributed by atoms with Crippen molar-refractivity contribution in [1.29, 1.82) is 0 Å². The van der Waals surface area contributed by atoms with Gasteiger partial charge in [-0.1, -0.05) is 0 Å². The number of carboxylic acid groups (broad SMARTS) is 1. The molecule has 1 aromatic heterocycles. The fraction of sp³-hybridized carbons (Fsp3) is 0.706. The maximum Gasteiger partial charge on any atom is 0.433 e. The molecule has 6 nitrogen and oxygen atoms in total. The molecule has 0 atom stereocenters. The summed E-state index contributed by atoms with van der Waals surface area (Å²) in [5, 5.41) is 18.2. The summed E-state index contributed by atoms with van der Waals surface area (Å²) in [6.07, 6.45) is 8.85. The Bertz CT molecular complexity index is 428. The van der Waals surface area contributed by atoms with Crippen LogP contribution in [0.15, 0.2) is 16.5 Å². The van der Waals surface area contributed by atoms with E-state index in [0.29, 0.717) is 0 Å². The Morgan fingerprint density at radius 1 is 1.08 bits per heavy atom. The second-order valence-electron chi connectivity index (χ2n) is 5.76. The van der Waals surface area contributed by atoms with Crippen molar-refractivity contribution in [3.63, 3.8) is 0 Å². The van der Waals surface area contributed by atoms with Crippen molar-refractivity contribution in [2.75, 3.05) is 0 Å². The summed E-state index contributed by atoms with van der Waals surface area (Å²) in [5.41, 5.74) is 0. The summed E-state index contributed by atoms with van der Waals surface area (Å²) in [6, 6.07) is 2.02. The molecule has 0 fully saturated rings. The molecule has 0 bridgehead atoms. The van der Waals surface area contributed by atoms with E-state index in [-0.39, 0.29) is 0 Å². The van der Waals surface area contributed by atoms with E-state index in [2.05, 4.69) is 25.2 Å². The van der Waals surface area contributed by atoms with E-state index < -0.39 is 42.3 Å². The van der Waals surface area contributed by atoms with E-state index >= 15 is 0 Å². The summed E-state index contributed by atoms with van der Waals surface area (Å²) >= 11 is -0.839. The van der Waals surface area contributed by atoms with Crippen LogP contribution in [0.4, 0.5) is 5.88 Å². The monoisotopic (exact) mass is 448 g/mol. The Hall–Kier alpha value is -1.05. The third-order valence-electron chi connectivity index (χ3n) is 3.63. The maximum atomic E-state index is 10.1. The molecule has 7 heteroatoms. The first-order chi connectivity index (χ1) is 11.5. The fourth-order valence-corrected chi connectivity index (χ4v) is 11.6. The van der Waals surface area contributed by atoms with Gasteiger partial charge >= 0.3 is 104 Å². The zero-order chi connectivity index (χ0) is 18.4. The molecule has 137 valence electrons. The largest absolute Gasteiger partial charge is 0.475 e. The molecule has 1 heterocycles. The van der Waals surface area contributed by atoms with Crippen LogP contribution in [0.2, 0.25) is 13.3 Å². The molecule has 1 aromatic rings. The smallest absolute Gasteiger partial charge is 0.433 e. The fourth-order valence-electron chi connectivity index (χ4n) is 2.20. The minimum absolute atomic E-state index is 0.434. The van der Waals surface area contributed by atoms with Gasteiger partial charge in [0.2, 0.25) is 5.76 Å². The van der Waals surface area contributed by atoms with Crippen molar-refractivity contribution in [2.24, 2.45) is 0 Å². The predicted molar refractivity (Wildman–Crippen MR) is 97.2 cm³/mol. The van der Waals surface area contributed by atoms with Crippen LogP contribution < -0.4 is 0 Å². The van der Waals surface area contributed by atoms with Gasteiger partial charge in [0.25, 0.3) is 0 Å². The van der Waals surface area contributed by atoms with Gasteiger partial charge < -0.3 is 9.52 Å². The first kappa shape index (κ1) is 22.9. The van der Waals surface area contributed by atoms with E-state index in [0.717, 1.165) is 12.1 Å². The predicted octanol–water partition coefficient (Wildman–Crippen LogP) is 5.77. The number of furan rings is 1. The second kappa shape index (κ2) is 14.3. The van der Waals surface area contributed by atoms with E-state index in [4.69, 9.17) is 5.11 Å². The van der Waals surface area contributed by atoms with Crippen molar-refractivity contribution in [3.05, 3.63) is 28.0 Å². The van der Waals surface area contributed by atoms with Gasteiger partial charge in [0.05, 0.1) is 6.07 Å². The first-order valence-electron chi connectivity index (χ1n) is 8.77. The van der Waals surface area contributed by atoms with Crippen LogP contribution in [0.1, 0.15) is 69.9 Å². The van der Waals surface area contributed by atoms with Crippen molar-refractivity contribution < 1.29 is 19.2 Å². The minimum Gasteiger partial charge on any atom is -0.475 e. The van der Waals surface area contributed by atoms with Crippen molar-refractivity contribution in [2.45, 2.75) is 72.6 Å². The van der Waals surface area contributed by atoms with E-state index in [1.165, 1.54) is 38.5 Å². The molecule has 0 aliphatic heterocycles. The van der Waals surface area contributed by atoms with Crippen molar-refractivity contribution in [1.82, 2.24) is 0 Å². The van der Waals surface area contributed by atoms with Gasteiger partial charge in [-0.05, 0) is 6.07 Å². The summed E-state index contributed by atoms with van der Waals surface area (Å²) in [6.45, 7) is 7.00. The number of unbranched alkanes of at least 4 members (excludes halogenated alkanes) is 3. The van der Waals surface area contributed by atoms with Crippen LogP contribution in [0, 0.1) is 10.1 Å². The van der Waals surface area contributed by atoms with Gasteiger partial charge in [0.1, 0.15) is 4.92 Å². The van der Waals surface area contributed by atoms with Crippen LogP contribution >= 0.6 is 0 Å². The maximum absolute atomic E-state index is 10.1. The molecule has 1 N–H and O–H groups in total. The Labute approximate surface area is 151 Å². The number of aromatic carboxylic acids is 1. The molecule has 0 aliphatic carbocycles. The standard InChI is InChI=1S/C5H3NO5.3C4H9.Sn/c7-5(8)3-1-2-4(11-3)6(9)10;3*1-3-4-2;/h1-2H,(H,7,8);3*1,3-4H2,2H3;. The van der Waals surface area contributed by atoms with Crippen LogP contribution in [-0.4, -0.2) is 35.8 Å². The molecule has 0 saturated heterocycles. The number of hydrogen-bond donors (Lipinski definition) is 1. The van der Waals surface area contributed by atoms with Crippen LogP contribution in [0.5, 0.6) is 0 Å². The van der Waals surface area contributed by atoms with E-state index in [1.54, 1.807) is 13.3 Å². The Morgan fingerprint density at radius 3 is 1.79 bits per heavy atom. The molecule has 1 radical (unpaired) electrons. The normalized spacial score (nSPS) is 10.3. The van der Waals surface area contributed by atoms with Gasteiger partial charge in [-0.2, -0.15) is 0 Å². The first-order valence-corrected chi connectivity index (χ1v) is 14.8. The van der Waals surface area contributed by atoms with Crippen LogP contribution in [-0.2, 0) is 0 Å². The Balaban J connectivity index is 0.000000446. The number of hydrogen-bond acceptors (Lipinski definition) is 4. The molecule has 0 aromatic carbocycles. The number of rotatable bonds is 11. The third kappa shape index (κ3) is 10.7. The van der Waals surface area contributed by atoms with Crippen LogP contribution in [0.25, 0.3) is 0 Å². The molecular formula is C17H30NO5Sn. The quantitative estimate of drug-likeness (QED) is 0.264. The zero-order valence-corrected chi connectivity index (χ0v) is 17.9. The molecule has 24 heavy (non-hydrogen) atoms. The molecule has 0 amide bonds. The van der Waals surface area contributed by atoms with Gasteiger partial charge in [-0.3, -0.25) is 10.1 Å². The average molecular weight is 447 g/mol. The summed E-state index contributed by atoms with van der Waals surface area (Å²) in [7, 11) is 0. The summed E-state index contributed by atoms with van der Waals surface area (Å²) in [5.74, 6) is -2.32. The number of nitro groups is 1. The van der Waals surface area contributed by atoms with E-state index in [9.17, 15) is 14.9 Å². The summed E-state index contributed by atoms with van der Waals surface area (Å²) in [4.78, 5) is 19.3. The molecule has 0 unspecified atom stereocenters. The van der Waals surface area contributed by atoms with Crippen molar-refractivity contribution in [3.8, 4) is 0 Å². The second-order valence-corrected chi connectivity index (χ2v) is 14.3. The topological polar surface area (TPSA) is 93.6 Å². The number of carbonyl (C=O) groups is 1. The number of nitrogens with zero attached hydrogens (tertiary/aromatic N) is 1. The number of carboxylic acids is 1. The van der Waals surface area contributed by atoms with Gasteiger partial charge in [0.15, 0.2) is 0 Å². The Morgan fingerprint density at radius 2 is 1.54 bits per heavy atom. The Kier molecular flexibility index (Phi) is 13.7. The molecular weight excluding hydrogens is 417 g/mol. The van der Waals surface area contributed by atoms with Crippen LogP contribution in [0.3, 0.4) is 0 Å². The average Bonchev–Trinajstić information content (AvgIpc) is 3.05.